The van der Waals surface area contributed by atoms with Crippen molar-refractivity contribution in [3.05, 3.63) is 82.9 Å². The molecule has 0 fully saturated rings. The number of halogens is 4. The van der Waals surface area contributed by atoms with Crippen LogP contribution < -0.4 is 14.3 Å². The van der Waals surface area contributed by atoms with Crippen LogP contribution in [0.25, 0.3) is 0 Å². The number of aryl methyl sites for hydroxylation is 1. The summed E-state index contributed by atoms with van der Waals surface area (Å²) in [7, 11) is -8.14. The number of hydrogen-bond donors (Lipinski definition) is 2. The second kappa shape index (κ2) is 10.6. The summed E-state index contributed by atoms with van der Waals surface area (Å²) in [6.07, 6.45) is -4.04. The number of hydrogen-bond acceptors (Lipinski definition) is 5. The van der Waals surface area contributed by atoms with Gasteiger partial charge < -0.3 is 5.32 Å². The number of benzene rings is 3. The first-order chi connectivity index (χ1) is 17.1. The number of alkyl halides is 3. The van der Waals surface area contributed by atoms with Gasteiger partial charge in [0.25, 0.3) is 10.0 Å². The highest BCUT2D eigenvalue weighted by molar-refractivity contribution is 7.92. The second-order valence-electron chi connectivity index (χ2n) is 7.98. The zero-order chi connectivity index (χ0) is 27.6. The molecule has 198 valence electrons. The Morgan fingerprint density at radius 2 is 1.59 bits per heavy atom. The molecule has 0 atom stereocenters. The van der Waals surface area contributed by atoms with E-state index < -0.39 is 49.9 Å². The molecule has 0 heterocycles. The summed E-state index contributed by atoms with van der Waals surface area (Å²) in [4.78, 5) is 12.5. The highest BCUT2D eigenvalue weighted by Crippen LogP contribution is 2.36. The van der Waals surface area contributed by atoms with Gasteiger partial charge in [-0.1, -0.05) is 23.7 Å². The highest BCUT2D eigenvalue weighted by atomic mass is 35.5. The van der Waals surface area contributed by atoms with Gasteiger partial charge in [0, 0.05) is 11.4 Å². The van der Waals surface area contributed by atoms with Crippen molar-refractivity contribution in [1.82, 2.24) is 0 Å². The van der Waals surface area contributed by atoms with Crippen molar-refractivity contribution in [1.29, 1.82) is 0 Å². The largest absolute Gasteiger partial charge is 0.416 e. The summed E-state index contributed by atoms with van der Waals surface area (Å²) in [5, 5.41) is 2.09. The standard InChI is InChI=1S/C23H21ClF3N3O5S2/c1-15-4-3-5-18(12-15)29-37(34,35)19-9-7-17(8-10-19)28-22(31)14-30(36(2,32)33)21-13-16(23(25,26)27)6-11-20(21)24/h3-13,29H,14H2,1-2H3,(H,28,31). The topological polar surface area (TPSA) is 113 Å². The molecular formula is C23H21ClF3N3O5S2. The molecule has 0 saturated heterocycles. The van der Waals surface area contributed by atoms with Gasteiger partial charge in [0.15, 0.2) is 0 Å². The first-order valence-electron chi connectivity index (χ1n) is 10.4. The number of rotatable bonds is 8. The van der Waals surface area contributed by atoms with E-state index in [2.05, 4.69) is 10.0 Å². The molecule has 0 aliphatic rings. The number of anilines is 3. The maximum Gasteiger partial charge on any atom is 0.416 e. The molecule has 0 spiro atoms. The van der Waals surface area contributed by atoms with Gasteiger partial charge in [0.2, 0.25) is 15.9 Å². The van der Waals surface area contributed by atoms with Crippen LogP contribution in [0.1, 0.15) is 11.1 Å². The number of amides is 1. The molecule has 1 amide bonds. The lowest BCUT2D eigenvalue weighted by molar-refractivity contribution is -0.137. The molecule has 0 bridgehead atoms. The Hall–Kier alpha value is -3.29. The molecular weight excluding hydrogens is 555 g/mol. The van der Waals surface area contributed by atoms with E-state index in [0.717, 1.165) is 17.9 Å². The molecule has 14 heteroatoms. The molecule has 8 nitrogen and oxygen atoms in total. The second-order valence-corrected chi connectivity index (χ2v) is 12.0. The van der Waals surface area contributed by atoms with Crippen molar-refractivity contribution in [3.8, 4) is 0 Å². The van der Waals surface area contributed by atoms with Gasteiger partial charge in [0.1, 0.15) is 6.54 Å². The average Bonchev–Trinajstić information content (AvgIpc) is 2.76. The molecule has 0 aliphatic heterocycles. The number of sulfonamides is 2. The molecule has 3 aromatic rings. The van der Waals surface area contributed by atoms with Gasteiger partial charge in [-0.05, 0) is 67.1 Å². The van der Waals surface area contributed by atoms with Crippen LogP contribution in [-0.4, -0.2) is 35.5 Å². The summed E-state index contributed by atoms with van der Waals surface area (Å²) in [5.74, 6) is -0.896. The van der Waals surface area contributed by atoms with Crippen molar-refractivity contribution < 1.29 is 34.8 Å². The van der Waals surface area contributed by atoms with Gasteiger partial charge in [-0.25, -0.2) is 16.8 Å². The van der Waals surface area contributed by atoms with Crippen molar-refractivity contribution in [3.63, 3.8) is 0 Å². The Bertz CT molecular complexity index is 1530. The fourth-order valence-electron chi connectivity index (χ4n) is 3.23. The molecule has 0 aliphatic carbocycles. The SMILES string of the molecule is Cc1cccc(NS(=O)(=O)c2ccc(NC(=O)CN(c3cc(C(F)(F)F)ccc3Cl)S(C)(=O)=O)cc2)c1. The molecule has 37 heavy (non-hydrogen) atoms. The lowest BCUT2D eigenvalue weighted by Crippen LogP contribution is -2.37. The molecule has 0 radical (unpaired) electrons. The van der Waals surface area contributed by atoms with Gasteiger partial charge in [-0.2, -0.15) is 13.2 Å². The predicted octanol–water partition coefficient (Wildman–Crippen LogP) is 4.87. The van der Waals surface area contributed by atoms with E-state index in [0.29, 0.717) is 22.1 Å². The Morgan fingerprint density at radius 3 is 2.16 bits per heavy atom. The minimum absolute atomic E-state index is 0.0967. The maximum absolute atomic E-state index is 13.1. The lowest BCUT2D eigenvalue weighted by Gasteiger charge is -2.24. The smallest absolute Gasteiger partial charge is 0.325 e. The Kier molecular flexibility index (Phi) is 8.10. The zero-order valence-corrected chi connectivity index (χ0v) is 21.8. The van der Waals surface area contributed by atoms with E-state index in [9.17, 15) is 34.8 Å². The van der Waals surface area contributed by atoms with Crippen LogP contribution in [0, 0.1) is 6.92 Å². The molecule has 2 N–H and O–H groups in total. The van der Waals surface area contributed by atoms with Gasteiger partial charge >= 0.3 is 6.18 Å². The fraction of sp³-hybridized carbons (Fsp3) is 0.174. The van der Waals surface area contributed by atoms with Crippen LogP contribution in [0.2, 0.25) is 5.02 Å². The minimum atomic E-state index is -4.76. The van der Waals surface area contributed by atoms with E-state index in [-0.39, 0.29) is 15.6 Å². The molecule has 0 unspecified atom stereocenters. The van der Waals surface area contributed by atoms with E-state index in [1.54, 1.807) is 31.2 Å². The van der Waals surface area contributed by atoms with E-state index >= 15 is 0 Å². The predicted molar refractivity (Wildman–Crippen MR) is 136 cm³/mol. The molecule has 0 saturated carbocycles. The van der Waals surface area contributed by atoms with Gasteiger partial charge in [0.05, 0.1) is 27.4 Å². The van der Waals surface area contributed by atoms with Crippen LogP contribution in [-0.2, 0) is 31.0 Å². The third-order valence-corrected chi connectivity index (χ3v) is 7.79. The maximum atomic E-state index is 13.1. The lowest BCUT2D eigenvalue weighted by atomic mass is 10.2. The number of carbonyl (C=O) groups excluding carboxylic acids is 1. The summed E-state index contributed by atoms with van der Waals surface area (Å²) < 4.78 is 92.1. The third-order valence-electron chi connectivity index (χ3n) is 4.95. The number of nitrogens with one attached hydrogen (secondary N) is 2. The summed E-state index contributed by atoms with van der Waals surface area (Å²) in [5.41, 5.74) is -0.308. The third kappa shape index (κ3) is 7.37. The van der Waals surface area contributed by atoms with Crippen molar-refractivity contribution in [2.24, 2.45) is 0 Å². The quantitative estimate of drug-likeness (QED) is 0.398. The summed E-state index contributed by atoms with van der Waals surface area (Å²) >= 11 is 5.95. The molecule has 3 aromatic carbocycles. The van der Waals surface area contributed by atoms with E-state index in [4.69, 9.17) is 11.6 Å². The Labute approximate surface area is 217 Å². The van der Waals surface area contributed by atoms with Gasteiger partial charge in [-0.15, -0.1) is 0 Å². The fourth-order valence-corrected chi connectivity index (χ4v) is 5.41. The van der Waals surface area contributed by atoms with Crippen LogP contribution in [0.4, 0.5) is 30.2 Å². The van der Waals surface area contributed by atoms with Crippen LogP contribution >= 0.6 is 11.6 Å². The van der Waals surface area contributed by atoms with Crippen molar-refractivity contribution in [2.75, 3.05) is 27.1 Å². The van der Waals surface area contributed by atoms with Crippen molar-refractivity contribution >= 4 is 54.6 Å². The van der Waals surface area contributed by atoms with E-state index in [1.165, 1.54) is 24.3 Å². The monoisotopic (exact) mass is 575 g/mol. The molecule has 3 rings (SSSR count). The normalized spacial score (nSPS) is 12.2. The molecule has 0 aromatic heterocycles. The average molecular weight is 576 g/mol. The van der Waals surface area contributed by atoms with Gasteiger partial charge in [-0.3, -0.25) is 13.8 Å². The first-order valence-corrected chi connectivity index (χ1v) is 14.1. The van der Waals surface area contributed by atoms with E-state index in [1.807, 2.05) is 0 Å². The summed E-state index contributed by atoms with van der Waals surface area (Å²) in [6, 6.07) is 13.9. The van der Waals surface area contributed by atoms with Crippen LogP contribution in [0.15, 0.2) is 71.6 Å². The number of nitrogens with zero attached hydrogens (tertiary/aromatic N) is 1. The summed E-state index contributed by atoms with van der Waals surface area (Å²) in [6.45, 7) is 0.927. The highest BCUT2D eigenvalue weighted by Gasteiger charge is 2.33. The van der Waals surface area contributed by atoms with Crippen molar-refractivity contribution in [2.45, 2.75) is 18.0 Å². The number of carbonyl (C=O) groups is 1. The van der Waals surface area contributed by atoms with Crippen LogP contribution in [0.3, 0.4) is 0 Å². The zero-order valence-electron chi connectivity index (χ0n) is 19.4. The minimum Gasteiger partial charge on any atom is -0.325 e. The Morgan fingerprint density at radius 1 is 0.946 bits per heavy atom. The van der Waals surface area contributed by atoms with Crippen LogP contribution in [0.5, 0.6) is 0 Å². The first kappa shape index (κ1) is 28.3. The Balaban J connectivity index is 1.78.